The first-order chi connectivity index (χ1) is 11.1. The maximum absolute atomic E-state index is 10.9. The molecule has 1 atom stereocenters. The first kappa shape index (κ1) is 15.3. The summed E-state index contributed by atoms with van der Waals surface area (Å²) in [6.45, 7) is 0. The van der Waals surface area contributed by atoms with Crippen molar-refractivity contribution in [2.45, 2.75) is 5.75 Å². The van der Waals surface area contributed by atoms with Gasteiger partial charge in [0.05, 0.1) is 0 Å². The predicted molar refractivity (Wildman–Crippen MR) is 87.7 cm³/mol. The summed E-state index contributed by atoms with van der Waals surface area (Å²) >= 11 is -2.15. The van der Waals surface area contributed by atoms with Gasteiger partial charge in [0.15, 0.2) is 0 Å². The third-order valence-corrected chi connectivity index (χ3v) is 3.80. The zero-order valence-electron chi connectivity index (χ0n) is 12.0. The van der Waals surface area contributed by atoms with Crippen molar-refractivity contribution < 1.29 is 8.76 Å². The normalized spacial score (nSPS) is 12.0. The van der Waals surface area contributed by atoms with E-state index in [2.05, 4.69) is 15.2 Å². The van der Waals surface area contributed by atoms with E-state index in [1.165, 1.54) is 0 Å². The molecule has 0 saturated heterocycles. The number of nitrogen functional groups attached to an aromatic ring is 1. The van der Waals surface area contributed by atoms with E-state index in [0.29, 0.717) is 17.0 Å². The van der Waals surface area contributed by atoms with Gasteiger partial charge in [0.1, 0.15) is 11.4 Å². The van der Waals surface area contributed by atoms with Gasteiger partial charge in [-0.15, -0.1) is 10.2 Å². The lowest BCUT2D eigenvalue weighted by molar-refractivity contribution is 0.536. The van der Waals surface area contributed by atoms with Crippen LogP contribution in [0, 0.1) is 0 Å². The largest absolute Gasteiger partial charge is 0.772 e. The van der Waals surface area contributed by atoms with Crippen molar-refractivity contribution in [1.29, 1.82) is 0 Å². The lowest BCUT2D eigenvalue weighted by Gasteiger charge is -2.10. The zero-order chi connectivity index (χ0) is 16.2. The summed E-state index contributed by atoms with van der Waals surface area (Å²) < 4.78 is 21.8. The molecule has 0 aliphatic rings. The van der Waals surface area contributed by atoms with Gasteiger partial charge in [-0.3, -0.25) is 4.21 Å². The summed E-state index contributed by atoms with van der Waals surface area (Å²) in [5.74, 6) is 0.0362. The molecule has 7 heteroatoms. The van der Waals surface area contributed by atoms with Gasteiger partial charge in [-0.05, 0) is 11.6 Å². The lowest BCUT2D eigenvalue weighted by atomic mass is 10.0. The van der Waals surface area contributed by atoms with Gasteiger partial charge in [-0.2, -0.15) is 0 Å². The van der Waals surface area contributed by atoms with Crippen molar-refractivity contribution in [3.05, 3.63) is 60.2 Å². The second kappa shape index (κ2) is 6.64. The van der Waals surface area contributed by atoms with E-state index in [0.717, 1.165) is 11.1 Å². The van der Waals surface area contributed by atoms with Crippen LogP contribution in [0.1, 0.15) is 5.56 Å². The predicted octanol–water partition coefficient (Wildman–Crippen LogP) is 2.17. The van der Waals surface area contributed by atoms with Crippen molar-refractivity contribution in [2.75, 3.05) is 5.73 Å². The molecule has 1 unspecified atom stereocenters. The average Bonchev–Trinajstić information content (AvgIpc) is 2.55. The van der Waals surface area contributed by atoms with Gasteiger partial charge in [0, 0.05) is 16.9 Å². The first-order valence-corrected chi connectivity index (χ1v) is 8.08. The first-order valence-electron chi connectivity index (χ1n) is 6.84. The molecule has 0 bridgehead atoms. The van der Waals surface area contributed by atoms with Crippen LogP contribution in [0.2, 0.25) is 0 Å². The van der Waals surface area contributed by atoms with E-state index in [1.807, 2.05) is 36.4 Å². The standard InChI is InChI=1S/C16H14N4O2S/c17-16-18-14(12-6-2-1-3-7-12)15(19-20-16)13-8-4-5-11(9-13)10-23(21)22/h1-9H,10H2,(H,21,22)(H2,17,18,20)/p-1. The third kappa shape index (κ3) is 3.58. The Balaban J connectivity index is 2.12. The van der Waals surface area contributed by atoms with Crippen molar-refractivity contribution in [3.63, 3.8) is 0 Å². The highest BCUT2D eigenvalue weighted by atomic mass is 32.2. The van der Waals surface area contributed by atoms with E-state index in [-0.39, 0.29) is 11.7 Å². The van der Waals surface area contributed by atoms with Crippen molar-refractivity contribution in [3.8, 4) is 22.5 Å². The molecule has 3 aromatic rings. The highest BCUT2D eigenvalue weighted by Crippen LogP contribution is 2.29. The minimum atomic E-state index is -2.15. The van der Waals surface area contributed by atoms with E-state index in [9.17, 15) is 8.76 Å². The van der Waals surface area contributed by atoms with Crippen LogP contribution in [0.15, 0.2) is 54.6 Å². The zero-order valence-corrected chi connectivity index (χ0v) is 12.9. The van der Waals surface area contributed by atoms with Crippen molar-refractivity contribution in [1.82, 2.24) is 15.2 Å². The Morgan fingerprint density at radius 1 is 0.957 bits per heavy atom. The van der Waals surface area contributed by atoms with E-state index >= 15 is 0 Å². The molecule has 23 heavy (non-hydrogen) atoms. The molecule has 2 N–H and O–H groups in total. The molecule has 0 aliphatic carbocycles. The fourth-order valence-corrected chi connectivity index (χ4v) is 2.73. The Morgan fingerprint density at radius 2 is 1.70 bits per heavy atom. The molecule has 3 rings (SSSR count). The number of nitrogens with zero attached hydrogens (tertiary/aromatic N) is 3. The minimum Gasteiger partial charge on any atom is -0.772 e. The second-order valence-corrected chi connectivity index (χ2v) is 5.78. The summed E-state index contributed by atoms with van der Waals surface area (Å²) in [7, 11) is 0. The molecular weight excluding hydrogens is 312 g/mol. The van der Waals surface area contributed by atoms with Crippen LogP contribution < -0.4 is 5.73 Å². The van der Waals surface area contributed by atoms with Gasteiger partial charge in [0.25, 0.3) is 0 Å². The van der Waals surface area contributed by atoms with Crippen LogP contribution in [0.3, 0.4) is 0 Å². The van der Waals surface area contributed by atoms with Crippen molar-refractivity contribution in [2.24, 2.45) is 0 Å². The summed E-state index contributed by atoms with van der Waals surface area (Å²) in [6, 6.07) is 16.7. The number of nitrogens with two attached hydrogens (primary N) is 1. The molecule has 1 heterocycles. The molecule has 6 nitrogen and oxygen atoms in total. The summed E-state index contributed by atoms with van der Waals surface area (Å²) in [6.07, 6.45) is 0. The van der Waals surface area contributed by atoms with Gasteiger partial charge in [-0.25, -0.2) is 4.98 Å². The molecule has 0 amide bonds. The molecule has 0 saturated carbocycles. The fraction of sp³-hybridized carbons (Fsp3) is 0.0625. The van der Waals surface area contributed by atoms with E-state index in [1.54, 1.807) is 18.2 Å². The molecule has 116 valence electrons. The molecular formula is C16H13N4O2S-. The SMILES string of the molecule is Nc1nnc(-c2cccc(CS(=O)[O-])c2)c(-c2ccccc2)n1. The van der Waals surface area contributed by atoms with E-state index < -0.39 is 11.1 Å². The molecule has 0 radical (unpaired) electrons. The second-order valence-electron chi connectivity index (χ2n) is 4.88. The maximum Gasteiger partial charge on any atom is 0.240 e. The number of hydrogen-bond acceptors (Lipinski definition) is 6. The smallest absolute Gasteiger partial charge is 0.240 e. The van der Waals surface area contributed by atoms with Gasteiger partial charge in [-0.1, -0.05) is 59.6 Å². The Bertz CT molecular complexity index is 856. The average molecular weight is 325 g/mol. The summed E-state index contributed by atoms with van der Waals surface area (Å²) in [4.78, 5) is 4.29. The molecule has 1 aromatic heterocycles. The Morgan fingerprint density at radius 3 is 2.43 bits per heavy atom. The van der Waals surface area contributed by atoms with Crippen molar-refractivity contribution >= 4 is 17.0 Å². The quantitative estimate of drug-likeness (QED) is 0.737. The summed E-state index contributed by atoms with van der Waals surface area (Å²) in [5, 5.41) is 7.98. The van der Waals surface area contributed by atoms with Gasteiger partial charge >= 0.3 is 0 Å². The van der Waals surface area contributed by atoms with Crippen LogP contribution in [0.5, 0.6) is 0 Å². The Hall–Kier alpha value is -2.64. The van der Waals surface area contributed by atoms with Gasteiger partial charge in [0.2, 0.25) is 5.95 Å². The highest BCUT2D eigenvalue weighted by Gasteiger charge is 2.13. The minimum absolute atomic E-state index is 0.0513. The van der Waals surface area contributed by atoms with Crippen LogP contribution in [-0.2, 0) is 16.8 Å². The lowest BCUT2D eigenvalue weighted by Crippen LogP contribution is -2.02. The van der Waals surface area contributed by atoms with E-state index in [4.69, 9.17) is 5.73 Å². The maximum atomic E-state index is 10.9. The third-order valence-electron chi connectivity index (χ3n) is 3.24. The number of anilines is 1. The number of hydrogen-bond donors (Lipinski definition) is 1. The molecule has 0 spiro atoms. The molecule has 2 aromatic carbocycles. The molecule has 0 aliphatic heterocycles. The fourth-order valence-electron chi connectivity index (χ4n) is 2.27. The van der Waals surface area contributed by atoms with Crippen LogP contribution in [0.4, 0.5) is 5.95 Å². The highest BCUT2D eigenvalue weighted by molar-refractivity contribution is 7.78. The number of aromatic nitrogens is 3. The van der Waals surface area contributed by atoms with Gasteiger partial charge < -0.3 is 10.3 Å². The Labute approximate surface area is 135 Å². The Kier molecular flexibility index (Phi) is 4.40. The summed E-state index contributed by atoms with van der Waals surface area (Å²) in [5.41, 5.74) is 9.12. The van der Waals surface area contributed by atoms with Crippen LogP contribution in [0.25, 0.3) is 22.5 Å². The number of rotatable bonds is 4. The van der Waals surface area contributed by atoms with Crippen LogP contribution >= 0.6 is 0 Å². The topological polar surface area (TPSA) is 105 Å². The number of benzene rings is 2. The monoisotopic (exact) mass is 325 g/mol. The van der Waals surface area contributed by atoms with Crippen LogP contribution in [-0.4, -0.2) is 23.9 Å². The molecule has 0 fully saturated rings.